The van der Waals surface area contributed by atoms with Gasteiger partial charge in [0.05, 0.1) is 0 Å². The van der Waals surface area contributed by atoms with Crippen molar-refractivity contribution in [3.05, 3.63) is 48.0 Å². The Morgan fingerprint density at radius 3 is 2.70 bits per heavy atom. The number of carbonyl (C=O) groups excluding carboxylic acids is 1. The number of hydrogen-bond acceptors (Lipinski definition) is 2. The van der Waals surface area contributed by atoms with Gasteiger partial charge in [-0.05, 0) is 48.6 Å². The van der Waals surface area contributed by atoms with Gasteiger partial charge in [-0.25, -0.2) is 0 Å². The number of hydrogen-bond donors (Lipinski definition) is 0. The number of benzene rings is 2. The Bertz CT molecular complexity index is 737. The van der Waals surface area contributed by atoms with Crippen LogP contribution in [-0.2, 0) is 4.79 Å². The number of carbonyl (C=O) groups is 1. The van der Waals surface area contributed by atoms with Gasteiger partial charge in [-0.3, -0.25) is 9.69 Å². The summed E-state index contributed by atoms with van der Waals surface area (Å²) in [4.78, 5) is 15.2. The van der Waals surface area contributed by atoms with E-state index in [1.165, 1.54) is 29.2 Å². The normalized spacial score (nSPS) is 30.7. The molecule has 0 aliphatic carbocycles. The van der Waals surface area contributed by atoms with E-state index in [1.54, 1.807) is 0 Å². The van der Waals surface area contributed by atoms with Gasteiger partial charge >= 0.3 is 0 Å². The maximum atomic E-state index is 12.7. The van der Waals surface area contributed by atoms with E-state index in [0.717, 1.165) is 6.42 Å². The highest BCUT2D eigenvalue weighted by Gasteiger charge is 2.48. The Balaban J connectivity index is 1.76. The fraction of sp³-hybridized carbons (Fsp3) is 0.476. The summed E-state index contributed by atoms with van der Waals surface area (Å²) in [6.45, 7) is 2.01. The van der Waals surface area contributed by atoms with Crippen LogP contribution in [-0.4, -0.2) is 29.8 Å². The lowest BCUT2D eigenvalue weighted by Gasteiger charge is -2.42. The van der Waals surface area contributed by atoms with Crippen molar-refractivity contribution in [2.24, 2.45) is 5.92 Å². The summed E-state index contributed by atoms with van der Waals surface area (Å²) in [5.74, 6) is 1.01. The van der Waals surface area contributed by atoms with Gasteiger partial charge in [0, 0.05) is 24.4 Å². The molecule has 4 atom stereocenters. The summed E-state index contributed by atoms with van der Waals surface area (Å²) in [7, 11) is 2.22. The van der Waals surface area contributed by atoms with Crippen molar-refractivity contribution in [3.63, 3.8) is 0 Å². The average Bonchev–Trinajstić information content (AvgIpc) is 2.83. The highest BCUT2D eigenvalue weighted by Crippen LogP contribution is 2.47. The van der Waals surface area contributed by atoms with Gasteiger partial charge in [-0.15, -0.1) is 0 Å². The summed E-state index contributed by atoms with van der Waals surface area (Å²) >= 11 is 0. The smallest absolute Gasteiger partial charge is 0.137 e. The molecule has 2 nitrogen and oxygen atoms in total. The monoisotopic (exact) mass is 307 g/mol. The van der Waals surface area contributed by atoms with Crippen LogP contribution in [0.4, 0.5) is 0 Å². The molecular formula is C21H25NO. The second-order valence-electron chi connectivity index (χ2n) is 7.26. The first kappa shape index (κ1) is 14.9. The Morgan fingerprint density at radius 1 is 1.13 bits per heavy atom. The van der Waals surface area contributed by atoms with Crippen LogP contribution in [0.2, 0.25) is 0 Å². The van der Waals surface area contributed by atoms with Crippen molar-refractivity contribution in [1.82, 2.24) is 4.90 Å². The molecule has 4 rings (SSSR count). The third-order valence-corrected chi connectivity index (χ3v) is 6.19. The van der Waals surface area contributed by atoms with E-state index in [9.17, 15) is 4.79 Å². The number of fused-ring (bicyclic) bond motifs is 3. The third kappa shape index (κ3) is 2.40. The molecule has 0 radical (unpaired) electrons. The van der Waals surface area contributed by atoms with Crippen LogP contribution >= 0.6 is 0 Å². The Kier molecular flexibility index (Phi) is 3.73. The van der Waals surface area contributed by atoms with E-state index in [4.69, 9.17) is 0 Å². The summed E-state index contributed by atoms with van der Waals surface area (Å²) in [5, 5.41) is 2.57. The zero-order valence-corrected chi connectivity index (χ0v) is 14.0. The maximum absolute atomic E-state index is 12.7. The summed E-state index contributed by atoms with van der Waals surface area (Å²) < 4.78 is 0. The number of piperidine rings is 1. The molecule has 120 valence electrons. The molecule has 0 N–H and O–H groups in total. The minimum absolute atomic E-state index is 0.171. The molecule has 1 unspecified atom stereocenters. The number of rotatable bonds is 3. The first-order valence-electron chi connectivity index (χ1n) is 8.92. The predicted octanol–water partition coefficient (Wildman–Crippen LogP) is 4.39. The molecule has 2 bridgehead atoms. The van der Waals surface area contributed by atoms with Crippen LogP contribution in [0.15, 0.2) is 42.5 Å². The zero-order chi connectivity index (χ0) is 16.0. The zero-order valence-electron chi connectivity index (χ0n) is 14.0. The molecule has 0 saturated carbocycles. The molecule has 2 aromatic carbocycles. The highest BCUT2D eigenvalue weighted by molar-refractivity contribution is 5.85. The lowest BCUT2D eigenvalue weighted by molar-refractivity contribution is -0.126. The first-order chi connectivity index (χ1) is 11.2. The third-order valence-electron chi connectivity index (χ3n) is 6.19. The van der Waals surface area contributed by atoms with Crippen LogP contribution < -0.4 is 0 Å². The van der Waals surface area contributed by atoms with E-state index >= 15 is 0 Å². The largest absolute Gasteiger partial charge is 0.300 e. The van der Waals surface area contributed by atoms with Crippen molar-refractivity contribution in [1.29, 1.82) is 0 Å². The Hall–Kier alpha value is -1.67. The fourth-order valence-electron chi connectivity index (χ4n) is 4.92. The fourth-order valence-corrected chi connectivity index (χ4v) is 4.92. The SMILES string of the molecule is CCC(=O)[C@@H]1[C@H]2CCC(C[C@H]1c1ccc3ccccc3c1)N2C. The molecule has 2 aliphatic heterocycles. The van der Waals surface area contributed by atoms with Gasteiger partial charge in [0.1, 0.15) is 5.78 Å². The van der Waals surface area contributed by atoms with Gasteiger partial charge < -0.3 is 0 Å². The molecule has 2 heterocycles. The van der Waals surface area contributed by atoms with Gasteiger partial charge in [-0.1, -0.05) is 49.4 Å². The lowest BCUT2D eigenvalue weighted by atomic mass is 9.73. The molecule has 23 heavy (non-hydrogen) atoms. The molecule has 2 heteroatoms. The second-order valence-corrected chi connectivity index (χ2v) is 7.26. The summed E-state index contributed by atoms with van der Waals surface area (Å²) in [6.07, 6.45) is 4.21. The Labute approximate surface area is 138 Å². The number of ketones is 1. The van der Waals surface area contributed by atoms with Crippen LogP contribution in [0.25, 0.3) is 10.8 Å². The standard InChI is InChI=1S/C21H25NO/c1-3-20(23)21-18(13-17-10-11-19(21)22(17)2)16-9-8-14-6-4-5-7-15(14)12-16/h4-9,12,17-19,21H,3,10-11,13H2,1-2H3/t17?,18-,19+,21-/m0/s1. The molecule has 2 saturated heterocycles. The van der Waals surface area contributed by atoms with Crippen molar-refractivity contribution >= 4 is 16.6 Å². The van der Waals surface area contributed by atoms with E-state index in [1.807, 2.05) is 6.92 Å². The molecule has 2 aromatic rings. The van der Waals surface area contributed by atoms with Gasteiger partial charge in [0.15, 0.2) is 0 Å². The first-order valence-corrected chi connectivity index (χ1v) is 8.92. The van der Waals surface area contributed by atoms with Crippen LogP contribution in [0.3, 0.4) is 0 Å². The summed E-state index contributed by atoms with van der Waals surface area (Å²) in [5.41, 5.74) is 1.36. The maximum Gasteiger partial charge on any atom is 0.137 e. The topological polar surface area (TPSA) is 20.3 Å². The van der Waals surface area contributed by atoms with Crippen LogP contribution in [0.1, 0.15) is 44.1 Å². The molecule has 0 aromatic heterocycles. The molecule has 2 fully saturated rings. The summed E-state index contributed by atoms with van der Waals surface area (Å²) in [6, 6.07) is 16.4. The van der Waals surface area contributed by atoms with E-state index in [2.05, 4.69) is 54.4 Å². The second kappa shape index (κ2) is 5.76. The molecule has 0 spiro atoms. The van der Waals surface area contributed by atoms with Gasteiger partial charge in [0.25, 0.3) is 0 Å². The average molecular weight is 307 g/mol. The predicted molar refractivity (Wildman–Crippen MR) is 94.7 cm³/mol. The van der Waals surface area contributed by atoms with Crippen LogP contribution in [0, 0.1) is 5.92 Å². The van der Waals surface area contributed by atoms with Crippen molar-refractivity contribution in [2.45, 2.75) is 50.6 Å². The van der Waals surface area contributed by atoms with E-state index < -0.39 is 0 Å². The number of nitrogens with zero attached hydrogens (tertiary/aromatic N) is 1. The van der Waals surface area contributed by atoms with Crippen molar-refractivity contribution in [3.8, 4) is 0 Å². The van der Waals surface area contributed by atoms with E-state index in [0.29, 0.717) is 30.2 Å². The van der Waals surface area contributed by atoms with E-state index in [-0.39, 0.29) is 5.92 Å². The molecule has 0 amide bonds. The van der Waals surface area contributed by atoms with Crippen molar-refractivity contribution in [2.75, 3.05) is 7.05 Å². The highest BCUT2D eigenvalue weighted by atomic mass is 16.1. The van der Waals surface area contributed by atoms with Crippen LogP contribution in [0.5, 0.6) is 0 Å². The quantitative estimate of drug-likeness (QED) is 0.838. The van der Waals surface area contributed by atoms with Gasteiger partial charge in [-0.2, -0.15) is 0 Å². The lowest BCUT2D eigenvalue weighted by Crippen LogP contribution is -2.48. The van der Waals surface area contributed by atoms with Gasteiger partial charge in [0.2, 0.25) is 0 Å². The minimum atomic E-state index is 0.171. The molecule has 2 aliphatic rings. The van der Waals surface area contributed by atoms with Crippen molar-refractivity contribution < 1.29 is 4.79 Å². The number of Topliss-reactive ketones (excluding diaryl/α,β-unsaturated/α-hetero) is 1. The molecular weight excluding hydrogens is 282 g/mol. The minimum Gasteiger partial charge on any atom is -0.300 e. The Morgan fingerprint density at radius 2 is 1.91 bits per heavy atom.